The number of hydrogen-bond donors (Lipinski definition) is 1. The maximum atomic E-state index is 14.3. The molecule has 1 amide bonds. The van der Waals surface area contributed by atoms with Crippen molar-refractivity contribution < 1.29 is 22.5 Å². The molecular formula is C18H18FN3O5S. The second-order valence-corrected chi connectivity index (χ2v) is 8.41. The van der Waals surface area contributed by atoms with Gasteiger partial charge in [0, 0.05) is 24.7 Å². The van der Waals surface area contributed by atoms with E-state index >= 15 is 0 Å². The Kier molecular flexibility index (Phi) is 5.18. The van der Waals surface area contributed by atoms with E-state index in [2.05, 4.69) is 4.72 Å². The van der Waals surface area contributed by atoms with Crippen molar-refractivity contribution in [2.45, 2.75) is 31.2 Å². The number of amides is 1. The molecule has 8 nitrogen and oxygen atoms in total. The molecule has 1 aliphatic rings. The monoisotopic (exact) mass is 407 g/mol. The minimum Gasteiger partial charge on any atom is -0.307 e. The van der Waals surface area contributed by atoms with Crippen LogP contribution in [0.1, 0.15) is 29.8 Å². The number of rotatable bonds is 5. The molecule has 0 fully saturated rings. The van der Waals surface area contributed by atoms with Crippen LogP contribution in [0.3, 0.4) is 0 Å². The first-order valence-electron chi connectivity index (χ1n) is 8.51. The second-order valence-electron chi connectivity index (χ2n) is 6.69. The average Bonchev–Trinajstić information content (AvgIpc) is 3.03. The molecule has 0 atom stereocenters. The number of non-ortho nitro benzene ring substituents is 1. The van der Waals surface area contributed by atoms with E-state index in [0.717, 1.165) is 23.8 Å². The summed E-state index contributed by atoms with van der Waals surface area (Å²) in [6, 6.07) is 6.78. The van der Waals surface area contributed by atoms with Crippen molar-refractivity contribution in [2.24, 2.45) is 0 Å². The summed E-state index contributed by atoms with van der Waals surface area (Å²) in [5.41, 5.74) is 0.458. The van der Waals surface area contributed by atoms with Gasteiger partial charge >= 0.3 is 0 Å². The zero-order chi connectivity index (χ0) is 20.6. The number of nitrogens with one attached hydrogen (secondary N) is 1. The van der Waals surface area contributed by atoms with E-state index < -0.39 is 32.2 Å². The number of carbonyl (C=O) groups is 1. The van der Waals surface area contributed by atoms with Crippen LogP contribution in [0.2, 0.25) is 0 Å². The van der Waals surface area contributed by atoms with Crippen molar-refractivity contribution in [1.82, 2.24) is 4.72 Å². The standard InChI is InChI=1S/C18H18FN3O5S/c1-11(2)20-28(26,27)14-5-6-16(19)15(10-14)18(23)21-8-7-12-3-4-13(22(24)25)9-17(12)21/h3-6,9-11,20H,7-8H2,1-2H3. The van der Waals surface area contributed by atoms with E-state index in [-0.39, 0.29) is 23.2 Å². The highest BCUT2D eigenvalue weighted by atomic mass is 32.2. The van der Waals surface area contributed by atoms with Gasteiger partial charge in [-0.25, -0.2) is 17.5 Å². The molecule has 1 N–H and O–H groups in total. The SMILES string of the molecule is CC(C)NS(=O)(=O)c1ccc(F)c(C(=O)N2CCc3ccc([N+](=O)[O-])cc32)c1. The van der Waals surface area contributed by atoms with Crippen LogP contribution in [0.15, 0.2) is 41.3 Å². The Morgan fingerprint density at radius 2 is 1.96 bits per heavy atom. The van der Waals surface area contributed by atoms with E-state index in [9.17, 15) is 27.7 Å². The topological polar surface area (TPSA) is 110 Å². The number of carbonyl (C=O) groups excluding carboxylic acids is 1. The zero-order valence-electron chi connectivity index (χ0n) is 15.2. The number of fused-ring (bicyclic) bond motifs is 1. The van der Waals surface area contributed by atoms with Crippen LogP contribution >= 0.6 is 0 Å². The molecule has 148 valence electrons. The lowest BCUT2D eigenvalue weighted by Gasteiger charge is -2.18. The van der Waals surface area contributed by atoms with Crippen molar-refractivity contribution >= 4 is 27.3 Å². The molecule has 1 aliphatic heterocycles. The molecule has 0 spiro atoms. The van der Waals surface area contributed by atoms with E-state index in [1.54, 1.807) is 19.9 Å². The van der Waals surface area contributed by atoms with Crippen molar-refractivity contribution in [3.05, 3.63) is 63.5 Å². The van der Waals surface area contributed by atoms with E-state index in [1.165, 1.54) is 17.0 Å². The summed E-state index contributed by atoms with van der Waals surface area (Å²) in [7, 11) is -3.91. The lowest BCUT2D eigenvalue weighted by molar-refractivity contribution is -0.384. The Morgan fingerprint density at radius 1 is 1.25 bits per heavy atom. The number of nitro groups is 1. The zero-order valence-corrected chi connectivity index (χ0v) is 16.0. The molecule has 0 aromatic heterocycles. The lowest BCUT2D eigenvalue weighted by atomic mass is 10.1. The highest BCUT2D eigenvalue weighted by Crippen LogP contribution is 2.33. The van der Waals surface area contributed by atoms with Gasteiger partial charge in [-0.3, -0.25) is 14.9 Å². The van der Waals surface area contributed by atoms with Crippen molar-refractivity contribution in [3.63, 3.8) is 0 Å². The van der Waals surface area contributed by atoms with Crippen molar-refractivity contribution in [3.8, 4) is 0 Å². The first-order chi connectivity index (χ1) is 13.1. The molecule has 0 aliphatic carbocycles. The Balaban J connectivity index is 2.00. The highest BCUT2D eigenvalue weighted by Gasteiger charge is 2.30. The maximum absolute atomic E-state index is 14.3. The number of nitrogens with zero attached hydrogens (tertiary/aromatic N) is 2. The Morgan fingerprint density at radius 3 is 2.61 bits per heavy atom. The highest BCUT2D eigenvalue weighted by molar-refractivity contribution is 7.89. The van der Waals surface area contributed by atoms with Crippen LogP contribution in [-0.4, -0.2) is 31.8 Å². The molecule has 0 saturated carbocycles. The molecule has 3 rings (SSSR count). The van der Waals surface area contributed by atoms with Crippen LogP contribution in [0.4, 0.5) is 15.8 Å². The van der Waals surface area contributed by atoms with Gasteiger partial charge in [0.25, 0.3) is 11.6 Å². The molecule has 10 heteroatoms. The Labute approximate surface area is 161 Å². The fourth-order valence-corrected chi connectivity index (χ4v) is 4.33. The molecule has 0 bridgehead atoms. The largest absolute Gasteiger partial charge is 0.307 e. The summed E-state index contributed by atoms with van der Waals surface area (Å²) in [4.78, 5) is 24.3. The molecule has 28 heavy (non-hydrogen) atoms. The number of halogens is 1. The first-order valence-corrected chi connectivity index (χ1v) is 9.99. The van der Waals surface area contributed by atoms with Crippen LogP contribution in [0.5, 0.6) is 0 Å². The fraction of sp³-hybridized carbons (Fsp3) is 0.278. The predicted octanol–water partition coefficient (Wildman–Crippen LogP) is 2.62. The molecule has 0 radical (unpaired) electrons. The van der Waals surface area contributed by atoms with E-state index in [1.807, 2.05) is 0 Å². The molecule has 0 saturated heterocycles. The van der Waals surface area contributed by atoms with Gasteiger partial charge in [0.1, 0.15) is 5.82 Å². The summed E-state index contributed by atoms with van der Waals surface area (Å²) in [5.74, 6) is -1.62. The van der Waals surface area contributed by atoms with Gasteiger partial charge in [0.15, 0.2) is 0 Å². The smallest absolute Gasteiger partial charge is 0.271 e. The van der Waals surface area contributed by atoms with Crippen LogP contribution < -0.4 is 9.62 Å². The van der Waals surface area contributed by atoms with Crippen molar-refractivity contribution in [2.75, 3.05) is 11.4 Å². The van der Waals surface area contributed by atoms with Gasteiger partial charge in [-0.15, -0.1) is 0 Å². The molecule has 2 aromatic rings. The number of benzene rings is 2. The fourth-order valence-electron chi connectivity index (χ4n) is 3.05. The lowest BCUT2D eigenvalue weighted by Crippen LogP contribution is -2.32. The first kappa shape index (κ1) is 19.9. The van der Waals surface area contributed by atoms with Gasteiger partial charge in [-0.05, 0) is 44.0 Å². The summed E-state index contributed by atoms with van der Waals surface area (Å²) in [5, 5.41) is 11.0. The summed E-state index contributed by atoms with van der Waals surface area (Å²) in [6.07, 6.45) is 0.466. The summed E-state index contributed by atoms with van der Waals surface area (Å²) in [6.45, 7) is 3.50. The Bertz CT molecular complexity index is 1070. The number of sulfonamides is 1. The predicted molar refractivity (Wildman–Crippen MR) is 100 cm³/mol. The quantitative estimate of drug-likeness (QED) is 0.605. The van der Waals surface area contributed by atoms with Gasteiger partial charge in [0.2, 0.25) is 10.0 Å². The molecular weight excluding hydrogens is 389 g/mol. The van der Waals surface area contributed by atoms with Gasteiger partial charge < -0.3 is 4.90 Å². The van der Waals surface area contributed by atoms with Gasteiger partial charge in [-0.1, -0.05) is 6.07 Å². The normalized spacial score (nSPS) is 13.6. The third-order valence-electron chi connectivity index (χ3n) is 4.29. The minimum absolute atomic E-state index is 0.184. The Hall–Kier alpha value is -2.85. The van der Waals surface area contributed by atoms with Gasteiger partial charge in [-0.2, -0.15) is 0 Å². The third-order valence-corrected chi connectivity index (χ3v) is 5.95. The van der Waals surface area contributed by atoms with Crippen LogP contribution in [-0.2, 0) is 16.4 Å². The van der Waals surface area contributed by atoms with Crippen LogP contribution in [0, 0.1) is 15.9 Å². The maximum Gasteiger partial charge on any atom is 0.271 e. The minimum atomic E-state index is -3.91. The van der Waals surface area contributed by atoms with Gasteiger partial charge in [0.05, 0.1) is 21.1 Å². The summed E-state index contributed by atoms with van der Waals surface area (Å²) < 4.78 is 41.4. The summed E-state index contributed by atoms with van der Waals surface area (Å²) >= 11 is 0. The average molecular weight is 407 g/mol. The number of anilines is 1. The number of hydrogen-bond acceptors (Lipinski definition) is 5. The van der Waals surface area contributed by atoms with Crippen LogP contribution in [0.25, 0.3) is 0 Å². The number of nitro benzene ring substituents is 1. The molecule has 0 unspecified atom stereocenters. The van der Waals surface area contributed by atoms with E-state index in [0.29, 0.717) is 12.1 Å². The van der Waals surface area contributed by atoms with E-state index in [4.69, 9.17) is 0 Å². The third kappa shape index (κ3) is 3.73. The second kappa shape index (κ2) is 7.28. The van der Waals surface area contributed by atoms with Crippen molar-refractivity contribution in [1.29, 1.82) is 0 Å². The molecule has 2 aromatic carbocycles. The molecule has 1 heterocycles.